The van der Waals surface area contributed by atoms with E-state index in [9.17, 15) is 9.59 Å². The van der Waals surface area contributed by atoms with Gasteiger partial charge in [-0.15, -0.1) is 0 Å². The van der Waals surface area contributed by atoms with Gasteiger partial charge < -0.3 is 0 Å². The molecule has 2 bridgehead atoms. The van der Waals surface area contributed by atoms with Crippen molar-refractivity contribution in [3.8, 4) is 0 Å². The SMILES string of the molecule is O=C=NCCCCC1CC2(CCN=C=O)CCC1C2. The largest absolute Gasteiger partial charge is 0.234 e. The summed E-state index contributed by atoms with van der Waals surface area (Å²) in [6, 6.07) is 0. The van der Waals surface area contributed by atoms with Gasteiger partial charge in [0, 0.05) is 0 Å². The highest BCUT2D eigenvalue weighted by Gasteiger charge is 2.49. The first-order valence-electron chi connectivity index (χ1n) is 7.37. The van der Waals surface area contributed by atoms with Crippen molar-refractivity contribution in [3.05, 3.63) is 0 Å². The van der Waals surface area contributed by atoms with Crippen molar-refractivity contribution in [1.82, 2.24) is 0 Å². The summed E-state index contributed by atoms with van der Waals surface area (Å²) in [6.45, 7) is 1.27. The number of hydrogen-bond acceptors (Lipinski definition) is 4. The molecule has 0 aromatic rings. The second kappa shape index (κ2) is 6.79. The van der Waals surface area contributed by atoms with Crippen LogP contribution >= 0.6 is 0 Å². The molecule has 2 saturated carbocycles. The van der Waals surface area contributed by atoms with Crippen molar-refractivity contribution >= 4 is 12.2 Å². The molecule has 0 radical (unpaired) electrons. The predicted octanol–water partition coefficient (Wildman–Crippen LogP) is 3.02. The zero-order chi connectivity index (χ0) is 13.6. The summed E-state index contributed by atoms with van der Waals surface area (Å²) in [5, 5.41) is 0. The minimum Gasteiger partial charge on any atom is -0.211 e. The van der Waals surface area contributed by atoms with Gasteiger partial charge in [0.05, 0.1) is 13.1 Å². The van der Waals surface area contributed by atoms with Crippen LogP contribution in [0.3, 0.4) is 0 Å². The minimum absolute atomic E-state index is 0.469. The number of hydrogen-bond donors (Lipinski definition) is 0. The highest BCUT2D eigenvalue weighted by atomic mass is 16.1. The predicted molar refractivity (Wildman–Crippen MR) is 72.3 cm³/mol. The third-order valence-corrected chi connectivity index (χ3v) is 5.08. The number of nitrogens with zero attached hydrogens (tertiary/aromatic N) is 2. The molecule has 0 heterocycles. The minimum atomic E-state index is 0.469. The van der Waals surface area contributed by atoms with Crippen LogP contribution in [0, 0.1) is 17.3 Å². The van der Waals surface area contributed by atoms with Crippen LogP contribution < -0.4 is 0 Å². The van der Waals surface area contributed by atoms with E-state index < -0.39 is 0 Å². The average molecular weight is 262 g/mol. The standard InChI is InChI=1S/C15H22N2O2/c18-11-16-7-2-1-3-13-9-15(6-8-17-12-19)5-4-14(13)10-15/h13-14H,1-10H2. The van der Waals surface area contributed by atoms with E-state index in [4.69, 9.17) is 0 Å². The molecule has 0 aliphatic heterocycles. The van der Waals surface area contributed by atoms with Crippen LogP contribution in [0.1, 0.15) is 51.4 Å². The van der Waals surface area contributed by atoms with Crippen LogP contribution in [-0.4, -0.2) is 25.2 Å². The van der Waals surface area contributed by atoms with Crippen LogP contribution in [0.15, 0.2) is 9.98 Å². The number of aliphatic imine (C=N–C) groups is 2. The van der Waals surface area contributed by atoms with Crippen LogP contribution in [0.2, 0.25) is 0 Å². The Bertz CT molecular complexity index is 397. The van der Waals surface area contributed by atoms with E-state index in [-0.39, 0.29) is 0 Å². The number of carbonyl (C=O) groups excluding carboxylic acids is 2. The second-order valence-electron chi connectivity index (χ2n) is 6.16. The zero-order valence-corrected chi connectivity index (χ0v) is 11.4. The van der Waals surface area contributed by atoms with E-state index in [1.165, 1.54) is 32.1 Å². The molecule has 3 unspecified atom stereocenters. The highest BCUT2D eigenvalue weighted by Crippen LogP contribution is 2.59. The van der Waals surface area contributed by atoms with Crippen molar-refractivity contribution in [2.45, 2.75) is 51.4 Å². The summed E-state index contributed by atoms with van der Waals surface area (Å²) < 4.78 is 0. The molecule has 2 aliphatic carbocycles. The maximum atomic E-state index is 10.1. The lowest BCUT2D eigenvalue weighted by Gasteiger charge is -2.29. The summed E-state index contributed by atoms with van der Waals surface area (Å²) in [5.74, 6) is 1.73. The van der Waals surface area contributed by atoms with Gasteiger partial charge in [-0.05, 0) is 55.8 Å². The van der Waals surface area contributed by atoms with Crippen LogP contribution in [-0.2, 0) is 9.59 Å². The highest BCUT2D eigenvalue weighted by molar-refractivity contribution is 5.33. The molecule has 0 amide bonds. The van der Waals surface area contributed by atoms with Crippen LogP contribution in [0.25, 0.3) is 0 Å². The van der Waals surface area contributed by atoms with Crippen molar-refractivity contribution in [2.75, 3.05) is 13.1 Å². The van der Waals surface area contributed by atoms with E-state index in [1.54, 1.807) is 12.2 Å². The lowest BCUT2D eigenvalue weighted by Crippen LogP contribution is -2.19. The molecule has 2 fully saturated rings. The Morgan fingerprint density at radius 2 is 1.84 bits per heavy atom. The van der Waals surface area contributed by atoms with Gasteiger partial charge in [-0.2, -0.15) is 0 Å². The molecule has 0 saturated heterocycles. The molecule has 3 atom stereocenters. The Labute approximate surface area is 114 Å². The van der Waals surface area contributed by atoms with E-state index in [0.29, 0.717) is 18.5 Å². The summed E-state index contributed by atoms with van der Waals surface area (Å²) >= 11 is 0. The van der Waals surface area contributed by atoms with Crippen LogP contribution in [0.5, 0.6) is 0 Å². The Balaban J connectivity index is 1.73. The lowest BCUT2D eigenvalue weighted by molar-refractivity contribution is 0.223. The quantitative estimate of drug-likeness (QED) is 0.383. The number of rotatable bonds is 8. The van der Waals surface area contributed by atoms with Gasteiger partial charge in [-0.25, -0.2) is 19.6 Å². The molecule has 4 nitrogen and oxygen atoms in total. The number of fused-ring (bicyclic) bond motifs is 2. The Morgan fingerprint density at radius 1 is 1.05 bits per heavy atom. The number of isocyanates is 2. The maximum Gasteiger partial charge on any atom is 0.234 e. The van der Waals surface area contributed by atoms with Gasteiger partial charge >= 0.3 is 0 Å². The first-order valence-corrected chi connectivity index (χ1v) is 7.37. The molecule has 2 rings (SSSR count). The molecule has 2 aliphatic rings. The van der Waals surface area contributed by atoms with Crippen molar-refractivity contribution < 1.29 is 9.59 Å². The molecular formula is C15H22N2O2. The normalized spacial score (nSPS) is 31.8. The molecule has 19 heavy (non-hydrogen) atoms. The third-order valence-electron chi connectivity index (χ3n) is 5.08. The first-order chi connectivity index (χ1) is 9.29. The van der Waals surface area contributed by atoms with Crippen molar-refractivity contribution in [3.63, 3.8) is 0 Å². The van der Waals surface area contributed by atoms with Gasteiger partial charge in [-0.3, -0.25) is 0 Å². The zero-order valence-electron chi connectivity index (χ0n) is 11.4. The lowest BCUT2D eigenvalue weighted by atomic mass is 9.76. The van der Waals surface area contributed by atoms with Crippen molar-refractivity contribution in [2.24, 2.45) is 27.2 Å². The Kier molecular flexibility index (Phi) is 5.07. The van der Waals surface area contributed by atoms with Crippen LogP contribution in [0.4, 0.5) is 0 Å². The van der Waals surface area contributed by atoms with E-state index in [2.05, 4.69) is 9.98 Å². The van der Waals surface area contributed by atoms with Gasteiger partial charge in [-0.1, -0.05) is 12.8 Å². The molecule has 0 aromatic carbocycles. The molecule has 104 valence electrons. The smallest absolute Gasteiger partial charge is 0.211 e. The van der Waals surface area contributed by atoms with E-state index in [1.807, 2.05) is 0 Å². The monoisotopic (exact) mass is 262 g/mol. The molecule has 0 spiro atoms. The third kappa shape index (κ3) is 3.62. The summed E-state index contributed by atoms with van der Waals surface area (Å²) in [5.41, 5.74) is 0.469. The van der Waals surface area contributed by atoms with Gasteiger partial charge in [0.1, 0.15) is 0 Å². The number of unbranched alkanes of at least 4 members (excludes halogenated alkanes) is 1. The molecule has 0 N–H and O–H groups in total. The summed E-state index contributed by atoms with van der Waals surface area (Å²) in [6.07, 6.45) is 13.0. The van der Waals surface area contributed by atoms with E-state index >= 15 is 0 Å². The second-order valence-corrected chi connectivity index (χ2v) is 6.16. The molecule has 4 heteroatoms. The van der Waals surface area contributed by atoms with Gasteiger partial charge in [0.25, 0.3) is 0 Å². The molecular weight excluding hydrogens is 240 g/mol. The van der Waals surface area contributed by atoms with E-state index in [0.717, 1.165) is 31.1 Å². The fraction of sp³-hybridized carbons (Fsp3) is 0.867. The first kappa shape index (κ1) is 14.2. The topological polar surface area (TPSA) is 58.9 Å². The molecule has 0 aromatic heterocycles. The fourth-order valence-corrected chi connectivity index (χ4v) is 4.21. The fourth-order valence-electron chi connectivity index (χ4n) is 4.21. The maximum absolute atomic E-state index is 10.1. The summed E-state index contributed by atoms with van der Waals surface area (Å²) in [7, 11) is 0. The van der Waals surface area contributed by atoms with Gasteiger partial charge in [0.15, 0.2) is 0 Å². The average Bonchev–Trinajstić information content (AvgIpc) is 2.97. The Hall–Kier alpha value is -1.24. The van der Waals surface area contributed by atoms with Gasteiger partial charge in [0.2, 0.25) is 12.2 Å². The Morgan fingerprint density at radius 3 is 2.63 bits per heavy atom. The van der Waals surface area contributed by atoms with Crippen molar-refractivity contribution in [1.29, 1.82) is 0 Å². The summed E-state index contributed by atoms with van der Waals surface area (Å²) in [4.78, 5) is 27.4.